The second-order valence-electron chi connectivity index (χ2n) is 2.06. The molecule has 0 spiro atoms. The van der Waals surface area contributed by atoms with Crippen molar-refractivity contribution in [2.24, 2.45) is 0 Å². The molecule has 0 saturated carbocycles. The van der Waals surface area contributed by atoms with E-state index >= 15 is 0 Å². The minimum atomic E-state index is 0. The van der Waals surface area contributed by atoms with Gasteiger partial charge in [-0.1, -0.05) is 0 Å². The summed E-state index contributed by atoms with van der Waals surface area (Å²) in [5.74, 6) is 0. The topological polar surface area (TPSA) is 209 Å². The second kappa shape index (κ2) is 42.9. The van der Waals surface area contributed by atoms with Crippen LogP contribution >= 0.6 is 0 Å². The van der Waals surface area contributed by atoms with Gasteiger partial charge in [-0.25, -0.2) is 0 Å². The molecule has 0 amide bonds. The average Bonchev–Trinajstić information content (AvgIpc) is 2.64. The molecule has 0 aliphatic heterocycles. The summed E-state index contributed by atoms with van der Waals surface area (Å²) in [5, 5.41) is 0.810. The monoisotopic (exact) mass is 454 g/mol. The van der Waals surface area contributed by atoms with Crippen LogP contribution in [-0.4, -0.2) is 19.9 Å². The van der Waals surface area contributed by atoms with E-state index in [1.54, 1.807) is 36.9 Å². The number of hydrogen-bond donors (Lipinski definition) is 0. The van der Waals surface area contributed by atoms with Gasteiger partial charge in [0.15, 0.2) is 0 Å². The summed E-state index contributed by atoms with van der Waals surface area (Å²) in [7, 11) is 0. The van der Waals surface area contributed by atoms with Gasteiger partial charge in [-0.3, -0.25) is 19.9 Å². The molecule has 16 heteroatoms. The van der Waals surface area contributed by atoms with Crippen molar-refractivity contribution in [3.63, 3.8) is 0 Å². The fraction of sp³-hybridized carbons (Fsp3) is 0. The number of nitroso groups, excluding NO2 is 4. The maximum Gasteiger partial charge on any atom is 0.120 e. The molecule has 2 aromatic rings. The van der Waals surface area contributed by atoms with Crippen molar-refractivity contribution in [3.8, 4) is 0 Å². The molecule has 0 unspecified atom stereocenters. The number of nitrogens with zero attached hydrogens (tertiary/aromatic N) is 8. The largest absolute Gasteiger partial charge is 0.740 e. The summed E-state index contributed by atoms with van der Waals surface area (Å²) >= 11 is 9.18. The third kappa shape index (κ3) is 36.9. The standard InChI is InChI=1S/2C4H4N2S.2Fe.4NO/c2*7-4-5-2-1-3-6-4;;;4*1-2/h2*1-3H,(H,5,6,7);;;;;;/p-2. The van der Waals surface area contributed by atoms with Crippen LogP contribution in [0.1, 0.15) is 0 Å². The summed E-state index contributed by atoms with van der Waals surface area (Å²) < 4.78 is 0. The summed E-state index contributed by atoms with van der Waals surface area (Å²) in [6.07, 6.45) is 6.48. The molecular weight excluding hydrogens is 448 g/mol. The number of aromatic nitrogens is 4. The van der Waals surface area contributed by atoms with Crippen LogP contribution in [0, 0.1) is 19.6 Å². The molecule has 12 nitrogen and oxygen atoms in total. The minimum Gasteiger partial charge on any atom is -0.740 e. The van der Waals surface area contributed by atoms with Crippen LogP contribution in [0.2, 0.25) is 0 Å². The zero-order valence-corrected chi connectivity index (χ0v) is 15.0. The van der Waals surface area contributed by atoms with Gasteiger partial charge in [-0.15, -0.1) is 19.6 Å². The van der Waals surface area contributed by atoms with Crippen molar-refractivity contribution in [1.29, 1.82) is 0 Å². The van der Waals surface area contributed by atoms with E-state index in [1.807, 2.05) is 0 Å². The Kier molecular flexibility index (Phi) is 67.7. The quantitative estimate of drug-likeness (QED) is 0.268. The van der Waals surface area contributed by atoms with E-state index in [0.29, 0.717) is 10.3 Å². The van der Waals surface area contributed by atoms with Crippen molar-refractivity contribution in [3.05, 3.63) is 56.5 Å². The van der Waals surface area contributed by atoms with Crippen molar-refractivity contribution >= 4 is 25.3 Å². The van der Waals surface area contributed by atoms with E-state index in [-0.39, 0.29) is 34.1 Å². The summed E-state index contributed by atoms with van der Waals surface area (Å²) in [5.41, 5.74) is 23.0. The third-order valence-electron chi connectivity index (χ3n) is 1.08. The Balaban J connectivity index is -0.0000000452. The maximum atomic E-state index is 7.25. The molecule has 0 aromatic carbocycles. The Morgan fingerprint density at radius 3 is 0.792 bits per heavy atom. The molecule has 2 heterocycles. The molecule has 0 aliphatic rings. The Morgan fingerprint density at radius 1 is 0.542 bits per heavy atom. The van der Waals surface area contributed by atoms with Crippen LogP contribution in [0.4, 0.5) is 0 Å². The predicted octanol–water partition coefficient (Wildman–Crippen LogP) is -1.03. The SMILES string of the molecule is [Fe].[Fe].[N]=O.[N]=O.[N]=O.[N]=O.[S-]c1ncccn1.[S-]c1ncccn1. The molecule has 0 bridgehead atoms. The second-order valence-corrected chi connectivity index (χ2v) is 2.79. The summed E-state index contributed by atoms with van der Waals surface area (Å²) in [4.78, 5) is 43.7. The summed E-state index contributed by atoms with van der Waals surface area (Å²) in [6, 6.07) is 3.46. The minimum absolute atomic E-state index is 0. The van der Waals surface area contributed by atoms with Gasteiger partial charge in [0, 0.05) is 69.2 Å². The molecular formula is C8H6Fe2N8O4S2-2. The van der Waals surface area contributed by atoms with Gasteiger partial charge in [0.25, 0.3) is 0 Å². The van der Waals surface area contributed by atoms with Gasteiger partial charge in [0.2, 0.25) is 0 Å². The van der Waals surface area contributed by atoms with Gasteiger partial charge in [-0.05, 0) is 12.1 Å². The number of hydrogen-bond acceptors (Lipinski definition) is 10. The van der Waals surface area contributed by atoms with Crippen molar-refractivity contribution in [2.75, 3.05) is 0 Å². The Hall–Kier alpha value is -1.96. The molecule has 2 rings (SSSR count). The molecule has 0 atom stereocenters. The van der Waals surface area contributed by atoms with Crippen molar-refractivity contribution in [1.82, 2.24) is 42.3 Å². The molecule has 0 fully saturated rings. The molecule has 0 saturated heterocycles. The van der Waals surface area contributed by atoms with E-state index in [0.717, 1.165) is 0 Å². The van der Waals surface area contributed by atoms with Gasteiger partial charge < -0.3 is 25.3 Å². The molecule has 0 aliphatic carbocycles. The van der Waals surface area contributed by atoms with Crippen LogP contribution in [0.5, 0.6) is 0 Å². The predicted molar refractivity (Wildman–Crippen MR) is 77.3 cm³/mol. The molecule has 4 radical (unpaired) electrons. The zero-order chi connectivity index (χ0) is 18.2. The maximum absolute atomic E-state index is 7.25. The molecule has 132 valence electrons. The van der Waals surface area contributed by atoms with E-state index in [4.69, 9.17) is 42.0 Å². The van der Waals surface area contributed by atoms with Crippen LogP contribution in [0.25, 0.3) is 0 Å². The summed E-state index contributed by atoms with van der Waals surface area (Å²) in [6.45, 7) is 0. The first-order chi connectivity index (χ1) is 10.8. The zero-order valence-electron chi connectivity index (χ0n) is 11.2. The van der Waals surface area contributed by atoms with Gasteiger partial charge in [-0.2, -0.15) is 0 Å². The Morgan fingerprint density at radius 2 is 0.708 bits per heavy atom. The molecule has 2 aromatic heterocycles. The van der Waals surface area contributed by atoms with Crippen LogP contribution in [0.3, 0.4) is 0 Å². The van der Waals surface area contributed by atoms with Gasteiger partial charge in [0.05, 0.1) is 0 Å². The smallest absolute Gasteiger partial charge is 0.120 e. The van der Waals surface area contributed by atoms with Crippen molar-refractivity contribution < 1.29 is 34.1 Å². The number of rotatable bonds is 0. The molecule has 24 heavy (non-hydrogen) atoms. The van der Waals surface area contributed by atoms with Crippen LogP contribution in [0.15, 0.2) is 47.2 Å². The van der Waals surface area contributed by atoms with Gasteiger partial charge >= 0.3 is 0 Å². The molecule has 0 N–H and O–H groups in total. The van der Waals surface area contributed by atoms with Crippen molar-refractivity contribution in [2.45, 2.75) is 10.3 Å². The fourth-order valence-corrected chi connectivity index (χ4v) is 0.814. The van der Waals surface area contributed by atoms with E-state index in [2.05, 4.69) is 45.2 Å². The van der Waals surface area contributed by atoms with E-state index < -0.39 is 0 Å². The first-order valence-electron chi connectivity index (χ1n) is 4.40. The van der Waals surface area contributed by atoms with Crippen LogP contribution in [-0.2, 0) is 59.4 Å². The first-order valence-corrected chi connectivity index (χ1v) is 5.22. The average molecular weight is 454 g/mol. The van der Waals surface area contributed by atoms with E-state index in [9.17, 15) is 0 Å². The third-order valence-corrected chi connectivity index (χ3v) is 1.51. The first kappa shape index (κ1) is 37.9. The fourth-order valence-electron chi connectivity index (χ4n) is 0.571. The Bertz CT molecular complexity index is 393. The van der Waals surface area contributed by atoms with Crippen LogP contribution < -0.4 is 22.4 Å². The van der Waals surface area contributed by atoms with E-state index in [1.165, 1.54) is 0 Å². The van der Waals surface area contributed by atoms with Gasteiger partial charge in [0.1, 0.15) is 22.4 Å². The Labute approximate surface area is 168 Å². The normalized spacial score (nSPS) is 5.67.